The predicted molar refractivity (Wildman–Crippen MR) is 62.4 cm³/mol. The number of hydrogen-bond donors (Lipinski definition) is 0. The Labute approximate surface area is 96.2 Å². The number of aldehydes is 1. The van der Waals surface area contributed by atoms with Gasteiger partial charge in [-0.3, -0.25) is 14.4 Å². The van der Waals surface area contributed by atoms with Crippen molar-refractivity contribution in [1.82, 2.24) is 14.7 Å². The van der Waals surface area contributed by atoms with Crippen LogP contribution in [0.4, 0.5) is 0 Å². The van der Waals surface area contributed by atoms with Crippen molar-refractivity contribution in [2.45, 2.75) is 32.2 Å². The number of piperidine rings is 1. The third kappa shape index (κ3) is 2.02. The first-order valence-electron chi connectivity index (χ1n) is 5.99. The molecule has 1 unspecified atom stereocenters. The van der Waals surface area contributed by atoms with Crippen molar-refractivity contribution in [3.05, 3.63) is 17.5 Å². The molecule has 1 atom stereocenters. The maximum absolute atomic E-state index is 10.8. The molecule has 1 fully saturated rings. The van der Waals surface area contributed by atoms with Crippen molar-refractivity contribution in [2.75, 3.05) is 13.1 Å². The summed E-state index contributed by atoms with van der Waals surface area (Å²) in [4.78, 5) is 13.2. The second-order valence-corrected chi connectivity index (χ2v) is 4.38. The van der Waals surface area contributed by atoms with Crippen LogP contribution in [-0.2, 0) is 7.05 Å². The zero-order chi connectivity index (χ0) is 11.5. The molecular weight excluding hydrogens is 202 g/mol. The molecule has 1 aromatic heterocycles. The van der Waals surface area contributed by atoms with Gasteiger partial charge < -0.3 is 0 Å². The average molecular weight is 221 g/mol. The van der Waals surface area contributed by atoms with Crippen LogP contribution in [0.2, 0.25) is 0 Å². The van der Waals surface area contributed by atoms with Crippen LogP contribution >= 0.6 is 0 Å². The maximum atomic E-state index is 10.8. The Morgan fingerprint density at radius 3 is 3.00 bits per heavy atom. The van der Waals surface area contributed by atoms with E-state index in [-0.39, 0.29) is 0 Å². The normalized spacial score (nSPS) is 22.2. The summed E-state index contributed by atoms with van der Waals surface area (Å²) >= 11 is 0. The fourth-order valence-corrected chi connectivity index (χ4v) is 2.48. The second-order valence-electron chi connectivity index (χ2n) is 4.38. The zero-order valence-electron chi connectivity index (χ0n) is 10.0. The van der Waals surface area contributed by atoms with Crippen molar-refractivity contribution < 1.29 is 4.79 Å². The van der Waals surface area contributed by atoms with E-state index in [1.165, 1.54) is 12.8 Å². The summed E-state index contributed by atoms with van der Waals surface area (Å²) in [7, 11) is 1.83. The smallest absolute Gasteiger partial charge is 0.168 e. The molecular formula is C12H19N3O. The Balaban J connectivity index is 2.23. The summed E-state index contributed by atoms with van der Waals surface area (Å²) in [5.74, 6) is 0. The van der Waals surface area contributed by atoms with Crippen molar-refractivity contribution in [2.24, 2.45) is 7.05 Å². The summed E-state index contributed by atoms with van der Waals surface area (Å²) in [5, 5.41) is 4.45. The quantitative estimate of drug-likeness (QED) is 0.730. The number of aromatic nitrogens is 2. The van der Waals surface area contributed by atoms with Gasteiger partial charge in [-0.2, -0.15) is 5.10 Å². The number of carbonyl (C=O) groups is 1. The van der Waals surface area contributed by atoms with E-state index in [1.807, 2.05) is 13.1 Å². The standard InChI is InChI=1S/C12H19N3O/c1-3-15-7-5-4-6-12(15)11-8-10(9-16)14(2)13-11/h8-9,12H,3-7H2,1-2H3. The van der Waals surface area contributed by atoms with Gasteiger partial charge in [0.25, 0.3) is 0 Å². The fourth-order valence-electron chi connectivity index (χ4n) is 2.48. The molecule has 4 heteroatoms. The first kappa shape index (κ1) is 11.3. The van der Waals surface area contributed by atoms with E-state index >= 15 is 0 Å². The summed E-state index contributed by atoms with van der Waals surface area (Å²) in [6.07, 6.45) is 4.56. The summed E-state index contributed by atoms with van der Waals surface area (Å²) in [5.41, 5.74) is 1.71. The van der Waals surface area contributed by atoms with Crippen LogP contribution in [-0.4, -0.2) is 34.1 Å². The van der Waals surface area contributed by atoms with Crippen LogP contribution in [0.1, 0.15) is 48.4 Å². The van der Waals surface area contributed by atoms with E-state index < -0.39 is 0 Å². The lowest BCUT2D eigenvalue weighted by Crippen LogP contribution is -2.33. The van der Waals surface area contributed by atoms with Gasteiger partial charge in [-0.15, -0.1) is 0 Å². The number of likely N-dealkylation sites (tertiary alicyclic amines) is 1. The molecule has 0 radical (unpaired) electrons. The molecule has 4 nitrogen and oxygen atoms in total. The molecule has 0 aliphatic carbocycles. The highest BCUT2D eigenvalue weighted by atomic mass is 16.1. The molecule has 1 aliphatic heterocycles. The molecule has 0 bridgehead atoms. The SMILES string of the molecule is CCN1CCCCC1c1cc(C=O)n(C)n1. The van der Waals surface area contributed by atoms with Gasteiger partial charge in [-0.05, 0) is 32.0 Å². The van der Waals surface area contributed by atoms with E-state index in [1.54, 1.807) is 4.68 Å². The van der Waals surface area contributed by atoms with Gasteiger partial charge in [0, 0.05) is 7.05 Å². The van der Waals surface area contributed by atoms with Crippen LogP contribution < -0.4 is 0 Å². The monoisotopic (exact) mass is 221 g/mol. The molecule has 2 rings (SSSR count). The Bertz CT molecular complexity index is 372. The number of aryl methyl sites for hydroxylation is 1. The topological polar surface area (TPSA) is 38.1 Å². The molecule has 0 saturated carbocycles. The van der Waals surface area contributed by atoms with E-state index in [9.17, 15) is 4.79 Å². The molecule has 0 aromatic carbocycles. The van der Waals surface area contributed by atoms with E-state index in [0.29, 0.717) is 11.7 Å². The summed E-state index contributed by atoms with van der Waals surface area (Å²) in [6, 6.07) is 2.32. The highest BCUT2D eigenvalue weighted by Gasteiger charge is 2.25. The molecule has 0 spiro atoms. The Hall–Kier alpha value is -1.16. The lowest BCUT2D eigenvalue weighted by molar-refractivity contribution is 0.111. The predicted octanol–water partition coefficient (Wildman–Crippen LogP) is 1.78. The van der Waals surface area contributed by atoms with E-state index in [4.69, 9.17) is 0 Å². The van der Waals surface area contributed by atoms with Gasteiger partial charge in [0.1, 0.15) is 5.69 Å². The van der Waals surface area contributed by atoms with Crippen LogP contribution in [0.3, 0.4) is 0 Å². The van der Waals surface area contributed by atoms with Crippen LogP contribution in [0.15, 0.2) is 6.07 Å². The largest absolute Gasteiger partial charge is 0.296 e. The minimum absolute atomic E-state index is 0.402. The highest BCUT2D eigenvalue weighted by Crippen LogP contribution is 2.29. The summed E-state index contributed by atoms with van der Waals surface area (Å²) < 4.78 is 1.67. The Morgan fingerprint density at radius 1 is 1.56 bits per heavy atom. The van der Waals surface area contributed by atoms with Gasteiger partial charge in [0.05, 0.1) is 11.7 Å². The second kappa shape index (κ2) is 4.78. The molecule has 1 saturated heterocycles. The number of hydrogen-bond acceptors (Lipinski definition) is 3. The van der Waals surface area contributed by atoms with Gasteiger partial charge in [-0.1, -0.05) is 13.3 Å². The first-order valence-corrected chi connectivity index (χ1v) is 5.99. The van der Waals surface area contributed by atoms with Crippen molar-refractivity contribution >= 4 is 6.29 Å². The summed E-state index contributed by atoms with van der Waals surface area (Å²) in [6.45, 7) is 4.38. The van der Waals surface area contributed by atoms with Gasteiger partial charge in [0.2, 0.25) is 0 Å². The third-order valence-electron chi connectivity index (χ3n) is 3.42. The fraction of sp³-hybridized carbons (Fsp3) is 0.667. The zero-order valence-corrected chi connectivity index (χ0v) is 10.0. The number of carbonyl (C=O) groups excluding carboxylic acids is 1. The van der Waals surface area contributed by atoms with Crippen molar-refractivity contribution in [1.29, 1.82) is 0 Å². The molecule has 1 aliphatic rings. The molecule has 2 heterocycles. The van der Waals surface area contributed by atoms with Gasteiger partial charge in [0.15, 0.2) is 6.29 Å². The van der Waals surface area contributed by atoms with Gasteiger partial charge in [-0.25, -0.2) is 0 Å². The highest BCUT2D eigenvalue weighted by molar-refractivity contribution is 5.72. The molecule has 88 valence electrons. The molecule has 1 aromatic rings. The van der Waals surface area contributed by atoms with Crippen LogP contribution in [0.25, 0.3) is 0 Å². The van der Waals surface area contributed by atoms with Crippen molar-refractivity contribution in [3.63, 3.8) is 0 Å². The number of rotatable bonds is 3. The van der Waals surface area contributed by atoms with Gasteiger partial charge >= 0.3 is 0 Å². The first-order chi connectivity index (χ1) is 7.76. The van der Waals surface area contributed by atoms with E-state index in [0.717, 1.165) is 31.5 Å². The van der Waals surface area contributed by atoms with Crippen molar-refractivity contribution in [3.8, 4) is 0 Å². The molecule has 0 amide bonds. The van der Waals surface area contributed by atoms with Crippen LogP contribution in [0, 0.1) is 0 Å². The minimum atomic E-state index is 0.402. The molecule has 16 heavy (non-hydrogen) atoms. The number of nitrogens with zero attached hydrogens (tertiary/aromatic N) is 3. The van der Waals surface area contributed by atoms with E-state index in [2.05, 4.69) is 16.9 Å². The Kier molecular flexibility index (Phi) is 3.39. The lowest BCUT2D eigenvalue weighted by atomic mass is 9.99. The average Bonchev–Trinajstić information content (AvgIpc) is 2.70. The lowest BCUT2D eigenvalue weighted by Gasteiger charge is -2.33. The van der Waals surface area contributed by atoms with Crippen LogP contribution in [0.5, 0.6) is 0 Å². The molecule has 0 N–H and O–H groups in total. The maximum Gasteiger partial charge on any atom is 0.168 e. The minimum Gasteiger partial charge on any atom is -0.296 e. The third-order valence-corrected chi connectivity index (χ3v) is 3.42. The Morgan fingerprint density at radius 2 is 2.38 bits per heavy atom.